The van der Waals surface area contributed by atoms with Crippen molar-refractivity contribution in [1.29, 1.82) is 0 Å². The summed E-state index contributed by atoms with van der Waals surface area (Å²) in [5.41, 5.74) is 0.159. The molecule has 1 heterocycles. The van der Waals surface area contributed by atoms with Crippen LogP contribution in [-0.4, -0.2) is 36.4 Å². The third kappa shape index (κ3) is 5.30. The van der Waals surface area contributed by atoms with Crippen LogP contribution in [-0.2, 0) is 4.74 Å². The number of carbonyl (C=O) groups excluding carboxylic acids is 1. The minimum atomic E-state index is -0.313. The van der Waals surface area contributed by atoms with Gasteiger partial charge < -0.3 is 10.1 Å². The normalized spacial score (nSPS) is 11.4. The lowest BCUT2D eigenvalue weighted by Gasteiger charge is -2.24. The molecule has 0 radical (unpaired) electrons. The molecule has 106 valence electrons. The topological polar surface area (TPSA) is 64.1 Å². The van der Waals surface area contributed by atoms with Gasteiger partial charge in [-0.05, 0) is 17.9 Å². The molecule has 0 fully saturated rings. The summed E-state index contributed by atoms with van der Waals surface area (Å²) in [5.74, 6) is -0.313. The molecule has 7 heteroatoms. The van der Waals surface area contributed by atoms with E-state index in [0.29, 0.717) is 13.2 Å². The predicted octanol–water partition coefficient (Wildman–Crippen LogP) is 2.58. The first kappa shape index (κ1) is 16.1. The van der Waals surface area contributed by atoms with Gasteiger partial charge in [-0.25, -0.2) is 0 Å². The van der Waals surface area contributed by atoms with Gasteiger partial charge in [-0.2, -0.15) is 0 Å². The number of aromatic nitrogens is 2. The number of nitrogens with zero attached hydrogens (tertiary/aromatic N) is 2. The van der Waals surface area contributed by atoms with Crippen LogP contribution in [0.15, 0.2) is 6.07 Å². The molecule has 1 aromatic rings. The van der Waals surface area contributed by atoms with Crippen molar-refractivity contribution in [2.24, 2.45) is 5.41 Å². The van der Waals surface area contributed by atoms with Crippen LogP contribution in [0.2, 0.25) is 10.3 Å². The highest BCUT2D eigenvalue weighted by atomic mass is 35.5. The van der Waals surface area contributed by atoms with E-state index >= 15 is 0 Å². The Hall–Kier alpha value is -0.910. The lowest BCUT2D eigenvalue weighted by Crippen LogP contribution is -2.35. The quantitative estimate of drug-likeness (QED) is 0.877. The zero-order valence-electron chi connectivity index (χ0n) is 11.2. The van der Waals surface area contributed by atoms with Crippen LogP contribution in [0.4, 0.5) is 0 Å². The lowest BCUT2D eigenvalue weighted by molar-refractivity contribution is 0.0920. The van der Waals surface area contributed by atoms with Gasteiger partial charge in [0.25, 0.3) is 5.91 Å². The molecule has 0 saturated heterocycles. The van der Waals surface area contributed by atoms with Gasteiger partial charge in [0.05, 0.1) is 5.56 Å². The maximum absolute atomic E-state index is 12.0. The first-order valence-corrected chi connectivity index (χ1v) is 6.57. The van der Waals surface area contributed by atoms with E-state index in [1.54, 1.807) is 7.11 Å². The largest absolute Gasteiger partial charge is 0.385 e. The van der Waals surface area contributed by atoms with E-state index in [9.17, 15) is 4.79 Å². The van der Waals surface area contributed by atoms with Crippen LogP contribution in [0.1, 0.15) is 30.6 Å². The molecule has 0 saturated carbocycles. The van der Waals surface area contributed by atoms with E-state index in [2.05, 4.69) is 15.5 Å². The molecule has 1 aromatic heterocycles. The zero-order valence-corrected chi connectivity index (χ0v) is 12.7. The van der Waals surface area contributed by atoms with E-state index < -0.39 is 0 Å². The van der Waals surface area contributed by atoms with E-state index in [1.807, 2.05) is 13.8 Å². The van der Waals surface area contributed by atoms with Gasteiger partial charge in [0.2, 0.25) is 0 Å². The number of amides is 1. The lowest BCUT2D eigenvalue weighted by atomic mass is 9.89. The van der Waals surface area contributed by atoms with Crippen molar-refractivity contribution in [1.82, 2.24) is 15.5 Å². The van der Waals surface area contributed by atoms with Crippen LogP contribution in [0.5, 0.6) is 0 Å². The monoisotopic (exact) mass is 305 g/mol. The Morgan fingerprint density at radius 3 is 2.74 bits per heavy atom. The third-order valence-corrected chi connectivity index (χ3v) is 3.14. The number of halogens is 2. The Morgan fingerprint density at radius 1 is 1.42 bits per heavy atom. The number of nitrogens with one attached hydrogen (secondary N) is 1. The SMILES string of the molecule is COCCC(C)(C)CNC(=O)c1cc(Cl)nnc1Cl. The number of ether oxygens (including phenoxy) is 1. The minimum Gasteiger partial charge on any atom is -0.385 e. The Morgan fingerprint density at radius 2 is 2.11 bits per heavy atom. The molecule has 0 aliphatic carbocycles. The molecule has 0 spiro atoms. The van der Waals surface area contributed by atoms with E-state index in [0.717, 1.165) is 6.42 Å². The molecule has 0 aromatic carbocycles. The summed E-state index contributed by atoms with van der Waals surface area (Å²) in [5, 5.41) is 10.1. The molecule has 1 N–H and O–H groups in total. The molecule has 1 amide bonds. The van der Waals surface area contributed by atoms with Gasteiger partial charge in [-0.15, -0.1) is 10.2 Å². The number of methoxy groups -OCH3 is 1. The number of hydrogen-bond acceptors (Lipinski definition) is 4. The summed E-state index contributed by atoms with van der Waals surface area (Å²) in [6.45, 7) is 5.25. The minimum absolute atomic E-state index is 0.0385. The Balaban J connectivity index is 2.62. The van der Waals surface area contributed by atoms with Crippen LogP contribution in [0, 0.1) is 5.41 Å². The second-order valence-corrected chi connectivity index (χ2v) is 5.71. The standard InChI is InChI=1S/C12H17Cl2N3O2/c1-12(2,4-5-19-3)7-15-11(18)8-6-9(13)16-17-10(8)14/h6H,4-5,7H2,1-3H3,(H,15,18). The Labute approximate surface area is 122 Å². The van der Waals surface area contributed by atoms with Gasteiger partial charge in [0.15, 0.2) is 10.3 Å². The van der Waals surface area contributed by atoms with E-state index in [1.165, 1.54) is 6.07 Å². The smallest absolute Gasteiger partial charge is 0.254 e. The number of hydrogen-bond donors (Lipinski definition) is 1. The zero-order chi connectivity index (χ0) is 14.5. The average molecular weight is 306 g/mol. The van der Waals surface area contributed by atoms with E-state index in [4.69, 9.17) is 27.9 Å². The van der Waals surface area contributed by atoms with Crippen LogP contribution >= 0.6 is 23.2 Å². The fourth-order valence-corrected chi connectivity index (χ4v) is 1.72. The molecular weight excluding hydrogens is 289 g/mol. The molecular formula is C12H17Cl2N3O2. The molecule has 1 rings (SSSR count). The molecule has 0 bridgehead atoms. The van der Waals surface area contributed by atoms with Gasteiger partial charge in [0, 0.05) is 20.3 Å². The average Bonchev–Trinajstić information content (AvgIpc) is 2.36. The number of carbonyl (C=O) groups is 1. The summed E-state index contributed by atoms with van der Waals surface area (Å²) in [4.78, 5) is 12.0. The molecule has 19 heavy (non-hydrogen) atoms. The third-order valence-electron chi connectivity index (χ3n) is 2.67. The second kappa shape index (κ2) is 7.03. The van der Waals surface area contributed by atoms with Crippen molar-refractivity contribution in [3.8, 4) is 0 Å². The van der Waals surface area contributed by atoms with Crippen molar-refractivity contribution in [2.75, 3.05) is 20.3 Å². The molecule has 0 aliphatic heterocycles. The first-order chi connectivity index (χ1) is 8.85. The van der Waals surface area contributed by atoms with Crippen LogP contribution in [0.3, 0.4) is 0 Å². The summed E-state index contributed by atoms with van der Waals surface area (Å²) in [6, 6.07) is 1.40. The predicted molar refractivity (Wildman–Crippen MR) is 74.7 cm³/mol. The molecule has 5 nitrogen and oxygen atoms in total. The van der Waals surface area contributed by atoms with Crippen molar-refractivity contribution in [2.45, 2.75) is 20.3 Å². The Bertz CT molecular complexity index is 453. The molecule has 0 aliphatic rings. The summed E-state index contributed by atoms with van der Waals surface area (Å²) in [6.07, 6.45) is 0.840. The van der Waals surface area contributed by atoms with Crippen molar-refractivity contribution >= 4 is 29.1 Å². The highest BCUT2D eigenvalue weighted by Crippen LogP contribution is 2.20. The van der Waals surface area contributed by atoms with Crippen molar-refractivity contribution in [3.63, 3.8) is 0 Å². The second-order valence-electron chi connectivity index (χ2n) is 4.96. The fraction of sp³-hybridized carbons (Fsp3) is 0.583. The summed E-state index contributed by atoms with van der Waals surface area (Å²) >= 11 is 11.5. The van der Waals surface area contributed by atoms with Gasteiger partial charge in [-0.3, -0.25) is 4.79 Å². The van der Waals surface area contributed by atoms with Crippen molar-refractivity contribution in [3.05, 3.63) is 21.9 Å². The summed E-state index contributed by atoms with van der Waals surface area (Å²) < 4.78 is 5.03. The highest BCUT2D eigenvalue weighted by Gasteiger charge is 2.20. The van der Waals surface area contributed by atoms with Crippen LogP contribution in [0.25, 0.3) is 0 Å². The molecule has 0 unspecified atom stereocenters. The van der Waals surface area contributed by atoms with Crippen LogP contribution < -0.4 is 5.32 Å². The Kier molecular flexibility index (Phi) is 5.97. The van der Waals surface area contributed by atoms with E-state index in [-0.39, 0.29) is 27.2 Å². The van der Waals surface area contributed by atoms with Gasteiger partial charge in [0.1, 0.15) is 0 Å². The maximum atomic E-state index is 12.0. The van der Waals surface area contributed by atoms with Gasteiger partial charge >= 0.3 is 0 Å². The molecule has 0 atom stereocenters. The summed E-state index contributed by atoms with van der Waals surface area (Å²) in [7, 11) is 1.65. The fourth-order valence-electron chi connectivity index (χ4n) is 1.39. The van der Waals surface area contributed by atoms with Gasteiger partial charge in [-0.1, -0.05) is 37.0 Å². The highest BCUT2D eigenvalue weighted by molar-refractivity contribution is 6.34. The van der Waals surface area contributed by atoms with Crippen molar-refractivity contribution < 1.29 is 9.53 Å². The maximum Gasteiger partial charge on any atom is 0.254 e. The first-order valence-electron chi connectivity index (χ1n) is 5.81. The number of rotatable bonds is 6.